The molecule has 6 nitrogen and oxygen atoms in total. The molecule has 0 fully saturated rings. The molecule has 0 aliphatic carbocycles. The van der Waals surface area contributed by atoms with Crippen molar-refractivity contribution < 1.29 is 18.0 Å². The van der Waals surface area contributed by atoms with Crippen molar-refractivity contribution in [3.05, 3.63) is 65.2 Å². The summed E-state index contributed by atoms with van der Waals surface area (Å²) in [4.78, 5) is 24.2. The lowest BCUT2D eigenvalue weighted by Gasteiger charge is -2.24. The Morgan fingerprint density at radius 3 is 2.29 bits per heavy atom. The van der Waals surface area contributed by atoms with Gasteiger partial charge in [0.15, 0.2) is 5.78 Å². The molecule has 0 unspecified atom stereocenters. The van der Waals surface area contributed by atoms with E-state index in [9.17, 15) is 18.0 Å². The van der Waals surface area contributed by atoms with E-state index in [2.05, 4.69) is 5.32 Å². The van der Waals surface area contributed by atoms with E-state index in [0.29, 0.717) is 12.0 Å². The Morgan fingerprint density at radius 1 is 1.11 bits per heavy atom. The van der Waals surface area contributed by atoms with Gasteiger partial charge < -0.3 is 5.32 Å². The van der Waals surface area contributed by atoms with E-state index in [-0.39, 0.29) is 24.1 Å². The van der Waals surface area contributed by atoms with Gasteiger partial charge >= 0.3 is 0 Å². The van der Waals surface area contributed by atoms with Gasteiger partial charge in [0.2, 0.25) is 15.9 Å². The summed E-state index contributed by atoms with van der Waals surface area (Å²) in [6, 6.07) is 13.9. The second kappa shape index (κ2) is 9.01. The number of anilines is 1. The number of nitrogens with zero attached hydrogens (tertiary/aromatic N) is 1. The zero-order valence-corrected chi connectivity index (χ0v) is 17.4. The number of hydrogen-bond acceptors (Lipinski definition) is 4. The van der Waals surface area contributed by atoms with Crippen LogP contribution in [0.2, 0.25) is 0 Å². The number of sulfonamides is 1. The number of carbonyl (C=O) groups excluding carboxylic acids is 2. The molecule has 0 saturated carbocycles. The molecule has 1 atom stereocenters. The Bertz CT molecular complexity index is 953. The topological polar surface area (TPSA) is 83.6 Å². The first-order valence-electron chi connectivity index (χ1n) is 9.06. The molecule has 150 valence electrons. The second-order valence-electron chi connectivity index (χ2n) is 6.82. The Balaban J connectivity index is 2.22. The molecule has 28 heavy (non-hydrogen) atoms. The maximum absolute atomic E-state index is 12.6. The predicted molar refractivity (Wildman–Crippen MR) is 111 cm³/mol. The third-order valence-corrected chi connectivity index (χ3v) is 5.59. The van der Waals surface area contributed by atoms with Crippen molar-refractivity contribution in [2.45, 2.75) is 33.2 Å². The minimum Gasteiger partial charge on any atom is -0.348 e. The van der Waals surface area contributed by atoms with Crippen LogP contribution in [0.25, 0.3) is 0 Å². The summed E-state index contributed by atoms with van der Waals surface area (Å²) in [5, 5.41) is 2.90. The highest BCUT2D eigenvalue weighted by Gasteiger charge is 2.23. The fourth-order valence-electron chi connectivity index (χ4n) is 2.87. The number of benzene rings is 2. The van der Waals surface area contributed by atoms with Gasteiger partial charge in [-0.3, -0.25) is 13.9 Å². The van der Waals surface area contributed by atoms with Gasteiger partial charge in [-0.15, -0.1) is 0 Å². The highest BCUT2D eigenvalue weighted by Crippen LogP contribution is 2.21. The molecule has 0 saturated heterocycles. The molecule has 0 heterocycles. The van der Waals surface area contributed by atoms with E-state index in [1.54, 1.807) is 18.2 Å². The maximum Gasteiger partial charge on any atom is 0.241 e. The molecule has 0 bridgehead atoms. The first kappa shape index (κ1) is 21.6. The molecular formula is C21H26N2O4S. The summed E-state index contributed by atoms with van der Waals surface area (Å²) in [5.74, 6) is -0.587. The highest BCUT2D eigenvalue weighted by molar-refractivity contribution is 7.92. The van der Waals surface area contributed by atoms with E-state index >= 15 is 0 Å². The van der Waals surface area contributed by atoms with Crippen LogP contribution in [0.4, 0.5) is 5.69 Å². The van der Waals surface area contributed by atoms with Crippen molar-refractivity contribution in [2.75, 3.05) is 17.1 Å². The van der Waals surface area contributed by atoms with E-state index in [4.69, 9.17) is 0 Å². The van der Waals surface area contributed by atoms with E-state index in [1.165, 1.54) is 13.0 Å². The number of rotatable bonds is 8. The van der Waals surface area contributed by atoms with Gasteiger partial charge in [-0.1, -0.05) is 48.9 Å². The normalized spacial score (nSPS) is 12.3. The molecular weight excluding hydrogens is 376 g/mol. The van der Waals surface area contributed by atoms with Crippen molar-refractivity contribution >= 4 is 27.4 Å². The summed E-state index contributed by atoms with van der Waals surface area (Å²) >= 11 is 0. The Labute approximate surface area is 166 Å². The third-order valence-electron chi connectivity index (χ3n) is 4.45. The summed E-state index contributed by atoms with van der Waals surface area (Å²) in [6.45, 7) is 4.99. The van der Waals surface area contributed by atoms with Crippen molar-refractivity contribution in [1.82, 2.24) is 5.32 Å². The summed E-state index contributed by atoms with van der Waals surface area (Å²) in [7, 11) is -3.71. The Kier molecular flexibility index (Phi) is 6.96. The van der Waals surface area contributed by atoms with Crippen molar-refractivity contribution in [3.8, 4) is 0 Å². The fourth-order valence-corrected chi connectivity index (χ4v) is 3.72. The van der Waals surface area contributed by atoms with Crippen LogP contribution >= 0.6 is 0 Å². The first-order chi connectivity index (χ1) is 13.1. The number of ketones is 1. The van der Waals surface area contributed by atoms with E-state index in [1.807, 2.05) is 38.1 Å². The summed E-state index contributed by atoms with van der Waals surface area (Å²) in [5.41, 5.74) is 2.76. The van der Waals surface area contributed by atoms with Gasteiger partial charge in [0.1, 0.15) is 6.54 Å². The van der Waals surface area contributed by atoms with Crippen LogP contribution in [0.5, 0.6) is 0 Å². The van der Waals surface area contributed by atoms with Gasteiger partial charge in [-0.25, -0.2) is 8.42 Å². The van der Waals surface area contributed by atoms with E-state index < -0.39 is 15.9 Å². The predicted octanol–water partition coefficient (Wildman–Crippen LogP) is 3.23. The van der Waals surface area contributed by atoms with Crippen molar-refractivity contribution in [2.24, 2.45) is 0 Å². The molecule has 7 heteroatoms. The van der Waals surface area contributed by atoms with Gasteiger partial charge in [0, 0.05) is 5.56 Å². The Morgan fingerprint density at radius 2 is 1.75 bits per heavy atom. The zero-order valence-electron chi connectivity index (χ0n) is 16.6. The maximum atomic E-state index is 12.6. The van der Waals surface area contributed by atoms with Crippen molar-refractivity contribution in [3.63, 3.8) is 0 Å². The fraction of sp³-hybridized carbons (Fsp3) is 0.333. The minimum atomic E-state index is -3.71. The molecule has 0 aliphatic heterocycles. The molecule has 2 aromatic carbocycles. The Hall–Kier alpha value is -2.67. The van der Waals surface area contributed by atoms with Crippen LogP contribution in [0, 0.1) is 6.92 Å². The van der Waals surface area contributed by atoms with E-state index in [0.717, 1.165) is 21.7 Å². The molecule has 1 amide bonds. The lowest BCUT2D eigenvalue weighted by molar-refractivity contribution is -0.120. The summed E-state index contributed by atoms with van der Waals surface area (Å²) < 4.78 is 25.6. The molecule has 0 aliphatic rings. The number of carbonyl (C=O) groups is 2. The average molecular weight is 403 g/mol. The van der Waals surface area contributed by atoms with Gasteiger partial charge in [0.25, 0.3) is 0 Å². The number of aryl methyl sites for hydroxylation is 1. The number of amides is 1. The number of hydrogen-bond donors (Lipinski definition) is 1. The molecule has 0 spiro atoms. The standard InChI is InChI=1S/C21H26N2O4S/c1-5-20(17-11-9-15(2)10-12-17)22-21(25)14-23(28(4,26)27)19-8-6-7-18(13-19)16(3)24/h6-13,20H,5,14H2,1-4H3,(H,22,25)/t20-/m0/s1. The highest BCUT2D eigenvalue weighted by atomic mass is 32.2. The van der Waals surface area contributed by atoms with Gasteiger partial charge in [-0.2, -0.15) is 0 Å². The molecule has 0 aromatic heterocycles. The van der Waals surface area contributed by atoms with Crippen LogP contribution in [0.1, 0.15) is 47.8 Å². The first-order valence-corrected chi connectivity index (χ1v) is 10.9. The molecule has 0 radical (unpaired) electrons. The zero-order chi connectivity index (χ0) is 20.9. The quantitative estimate of drug-likeness (QED) is 0.687. The van der Waals surface area contributed by atoms with Crippen LogP contribution in [-0.4, -0.2) is 32.9 Å². The number of Topliss-reactive ketones (excluding diaryl/α,β-unsaturated/α-hetero) is 1. The third kappa shape index (κ3) is 5.66. The monoisotopic (exact) mass is 402 g/mol. The second-order valence-corrected chi connectivity index (χ2v) is 8.72. The molecule has 2 rings (SSSR count). The SMILES string of the molecule is CC[C@H](NC(=O)CN(c1cccc(C(C)=O)c1)S(C)(=O)=O)c1ccc(C)cc1. The van der Waals surface area contributed by atoms with Crippen LogP contribution < -0.4 is 9.62 Å². The number of nitrogens with one attached hydrogen (secondary N) is 1. The van der Waals surface area contributed by atoms with Gasteiger partial charge in [-0.05, 0) is 38.0 Å². The largest absolute Gasteiger partial charge is 0.348 e. The lowest BCUT2D eigenvalue weighted by Crippen LogP contribution is -2.41. The molecule has 2 aromatic rings. The van der Waals surface area contributed by atoms with Crippen LogP contribution in [0.3, 0.4) is 0 Å². The van der Waals surface area contributed by atoms with Crippen molar-refractivity contribution in [1.29, 1.82) is 0 Å². The summed E-state index contributed by atoms with van der Waals surface area (Å²) in [6.07, 6.45) is 1.71. The molecule has 1 N–H and O–H groups in total. The van der Waals surface area contributed by atoms with Gasteiger partial charge in [0.05, 0.1) is 18.0 Å². The lowest BCUT2D eigenvalue weighted by atomic mass is 10.0. The average Bonchev–Trinajstić information content (AvgIpc) is 2.64. The smallest absolute Gasteiger partial charge is 0.241 e. The minimum absolute atomic E-state index is 0.176. The van der Waals surface area contributed by atoms with Crippen LogP contribution in [-0.2, 0) is 14.8 Å². The van der Waals surface area contributed by atoms with Crippen LogP contribution in [0.15, 0.2) is 48.5 Å².